The van der Waals surface area contributed by atoms with Gasteiger partial charge in [0.2, 0.25) is 0 Å². The SMILES string of the molecule is CCC(C)NC(=O)c1cc(NC(=O)Nc2ccccc2C)ccc1N1CCc2ccccc2C1. The number of para-hydroxylation sites is 1. The van der Waals surface area contributed by atoms with E-state index in [-0.39, 0.29) is 18.0 Å². The molecule has 34 heavy (non-hydrogen) atoms. The first-order valence-electron chi connectivity index (χ1n) is 11.8. The van der Waals surface area contributed by atoms with E-state index in [2.05, 4.69) is 45.1 Å². The number of carbonyl (C=O) groups is 2. The van der Waals surface area contributed by atoms with Crippen LogP contribution in [0.15, 0.2) is 66.7 Å². The molecule has 0 saturated carbocycles. The van der Waals surface area contributed by atoms with Crippen molar-refractivity contribution < 1.29 is 9.59 Å². The highest BCUT2D eigenvalue weighted by atomic mass is 16.2. The summed E-state index contributed by atoms with van der Waals surface area (Å²) in [5.74, 6) is -0.133. The van der Waals surface area contributed by atoms with Gasteiger partial charge < -0.3 is 20.9 Å². The zero-order chi connectivity index (χ0) is 24.1. The topological polar surface area (TPSA) is 73.5 Å². The summed E-state index contributed by atoms with van der Waals surface area (Å²) < 4.78 is 0. The molecule has 0 saturated heterocycles. The lowest BCUT2D eigenvalue weighted by molar-refractivity contribution is 0.0939. The minimum atomic E-state index is -0.345. The molecule has 6 heteroatoms. The molecule has 0 aliphatic carbocycles. The summed E-state index contributed by atoms with van der Waals surface area (Å²) in [4.78, 5) is 28.1. The maximum Gasteiger partial charge on any atom is 0.323 e. The number of aryl methyl sites for hydroxylation is 1. The van der Waals surface area contributed by atoms with Crippen LogP contribution in [0.2, 0.25) is 0 Å². The van der Waals surface area contributed by atoms with Gasteiger partial charge in [-0.05, 0) is 67.6 Å². The highest BCUT2D eigenvalue weighted by Gasteiger charge is 2.22. The van der Waals surface area contributed by atoms with Crippen molar-refractivity contribution in [2.24, 2.45) is 0 Å². The average Bonchev–Trinajstić information content (AvgIpc) is 2.85. The van der Waals surface area contributed by atoms with Crippen LogP contribution in [0.5, 0.6) is 0 Å². The van der Waals surface area contributed by atoms with Gasteiger partial charge in [-0.1, -0.05) is 49.4 Å². The zero-order valence-electron chi connectivity index (χ0n) is 20.0. The third-order valence-corrected chi connectivity index (χ3v) is 6.35. The summed E-state index contributed by atoms with van der Waals surface area (Å²) in [7, 11) is 0. The molecule has 3 aromatic rings. The smallest absolute Gasteiger partial charge is 0.323 e. The van der Waals surface area contributed by atoms with Crippen LogP contribution in [-0.4, -0.2) is 24.5 Å². The Morgan fingerprint density at radius 2 is 1.71 bits per heavy atom. The summed E-state index contributed by atoms with van der Waals surface area (Å²) in [5, 5.41) is 8.83. The van der Waals surface area contributed by atoms with E-state index in [0.29, 0.717) is 11.3 Å². The molecular formula is C28H32N4O2. The first-order valence-corrected chi connectivity index (χ1v) is 11.8. The fraction of sp³-hybridized carbons (Fsp3) is 0.286. The van der Waals surface area contributed by atoms with Gasteiger partial charge in [-0.25, -0.2) is 4.79 Å². The highest BCUT2D eigenvalue weighted by molar-refractivity contribution is 6.04. The van der Waals surface area contributed by atoms with E-state index in [0.717, 1.165) is 42.9 Å². The number of amides is 3. The van der Waals surface area contributed by atoms with Crippen LogP contribution in [-0.2, 0) is 13.0 Å². The second-order valence-corrected chi connectivity index (χ2v) is 8.85. The van der Waals surface area contributed by atoms with Crippen LogP contribution >= 0.6 is 0 Å². The van der Waals surface area contributed by atoms with Gasteiger partial charge in [-0.15, -0.1) is 0 Å². The van der Waals surface area contributed by atoms with Crippen LogP contribution in [0.3, 0.4) is 0 Å². The summed E-state index contributed by atoms with van der Waals surface area (Å²) in [5.41, 5.74) is 6.37. The number of fused-ring (bicyclic) bond motifs is 1. The molecule has 6 nitrogen and oxygen atoms in total. The number of rotatable bonds is 6. The Hall–Kier alpha value is -3.80. The van der Waals surface area contributed by atoms with Crippen molar-refractivity contribution in [2.45, 2.75) is 46.2 Å². The Bertz CT molecular complexity index is 1190. The highest BCUT2D eigenvalue weighted by Crippen LogP contribution is 2.30. The van der Waals surface area contributed by atoms with E-state index < -0.39 is 0 Å². The van der Waals surface area contributed by atoms with Gasteiger partial charge in [0.15, 0.2) is 0 Å². The molecule has 3 N–H and O–H groups in total. The van der Waals surface area contributed by atoms with Crippen LogP contribution in [0.4, 0.5) is 21.9 Å². The van der Waals surface area contributed by atoms with Crippen molar-refractivity contribution in [2.75, 3.05) is 22.1 Å². The number of carbonyl (C=O) groups excluding carboxylic acids is 2. The van der Waals surface area contributed by atoms with Gasteiger partial charge in [0.1, 0.15) is 0 Å². The lowest BCUT2D eigenvalue weighted by atomic mass is 9.98. The third-order valence-electron chi connectivity index (χ3n) is 6.35. The van der Waals surface area contributed by atoms with Gasteiger partial charge in [0.25, 0.3) is 5.91 Å². The van der Waals surface area contributed by atoms with E-state index in [9.17, 15) is 9.59 Å². The molecule has 1 aliphatic rings. The van der Waals surface area contributed by atoms with Gasteiger partial charge in [-0.3, -0.25) is 4.79 Å². The quantitative estimate of drug-likeness (QED) is 0.443. The summed E-state index contributed by atoms with van der Waals surface area (Å²) in [6.07, 6.45) is 1.77. The first kappa shape index (κ1) is 23.4. The number of urea groups is 1. The van der Waals surface area contributed by atoms with Crippen LogP contribution in [0.1, 0.15) is 47.3 Å². The van der Waals surface area contributed by atoms with E-state index in [4.69, 9.17) is 0 Å². The second kappa shape index (κ2) is 10.4. The number of hydrogen-bond donors (Lipinski definition) is 3. The lowest BCUT2D eigenvalue weighted by Crippen LogP contribution is -2.36. The number of anilines is 3. The van der Waals surface area contributed by atoms with Crippen LogP contribution in [0, 0.1) is 6.92 Å². The second-order valence-electron chi connectivity index (χ2n) is 8.85. The summed E-state index contributed by atoms with van der Waals surface area (Å²) >= 11 is 0. The molecule has 1 heterocycles. The average molecular weight is 457 g/mol. The fourth-order valence-corrected chi connectivity index (χ4v) is 4.17. The van der Waals surface area contributed by atoms with E-state index >= 15 is 0 Å². The largest absolute Gasteiger partial charge is 0.366 e. The molecule has 1 unspecified atom stereocenters. The summed E-state index contributed by atoms with van der Waals surface area (Å²) in [6.45, 7) is 7.56. The van der Waals surface area contributed by atoms with Crippen molar-refractivity contribution in [1.82, 2.24) is 5.32 Å². The molecule has 0 spiro atoms. The molecule has 0 fully saturated rings. The molecule has 1 aliphatic heterocycles. The van der Waals surface area contributed by atoms with E-state index in [1.54, 1.807) is 6.07 Å². The molecular weight excluding hydrogens is 424 g/mol. The van der Waals surface area contributed by atoms with Gasteiger partial charge in [0, 0.05) is 36.2 Å². The fourth-order valence-electron chi connectivity index (χ4n) is 4.17. The maximum atomic E-state index is 13.2. The summed E-state index contributed by atoms with van der Waals surface area (Å²) in [6, 6.07) is 21.3. The zero-order valence-corrected chi connectivity index (χ0v) is 20.0. The Kier molecular flexibility index (Phi) is 7.16. The molecule has 0 bridgehead atoms. The normalized spacial score (nSPS) is 13.6. The van der Waals surface area contributed by atoms with E-state index in [1.165, 1.54) is 11.1 Å². The molecule has 0 aromatic heterocycles. The Balaban J connectivity index is 1.59. The molecule has 0 radical (unpaired) electrons. The molecule has 4 rings (SSSR count). The number of hydrogen-bond acceptors (Lipinski definition) is 3. The predicted molar refractivity (Wildman–Crippen MR) is 139 cm³/mol. The molecule has 3 amide bonds. The lowest BCUT2D eigenvalue weighted by Gasteiger charge is -2.32. The van der Waals surface area contributed by atoms with Crippen LogP contribution < -0.4 is 20.9 Å². The number of nitrogens with one attached hydrogen (secondary N) is 3. The van der Waals surface area contributed by atoms with Gasteiger partial charge in [0.05, 0.1) is 5.56 Å². The number of nitrogens with zero attached hydrogens (tertiary/aromatic N) is 1. The maximum absolute atomic E-state index is 13.2. The van der Waals surface area contributed by atoms with E-state index in [1.807, 2.05) is 57.2 Å². The molecule has 3 aromatic carbocycles. The van der Waals surface area contributed by atoms with Crippen LogP contribution in [0.25, 0.3) is 0 Å². The number of benzene rings is 3. The van der Waals surface area contributed by atoms with Crippen molar-refractivity contribution in [3.63, 3.8) is 0 Å². The van der Waals surface area contributed by atoms with Crippen molar-refractivity contribution in [3.8, 4) is 0 Å². The molecule has 176 valence electrons. The first-order chi connectivity index (χ1) is 16.4. The van der Waals surface area contributed by atoms with Crippen molar-refractivity contribution in [3.05, 3.63) is 89.0 Å². The van der Waals surface area contributed by atoms with Gasteiger partial charge >= 0.3 is 6.03 Å². The third kappa shape index (κ3) is 5.39. The Morgan fingerprint density at radius 1 is 0.971 bits per heavy atom. The molecule has 1 atom stereocenters. The predicted octanol–water partition coefficient (Wildman–Crippen LogP) is 5.73. The Morgan fingerprint density at radius 3 is 2.47 bits per heavy atom. The minimum Gasteiger partial charge on any atom is -0.366 e. The standard InChI is InChI=1S/C28H32N4O2/c1-4-20(3)29-27(33)24-17-23(30-28(34)31-25-12-8-5-9-19(25)2)13-14-26(24)32-16-15-21-10-6-7-11-22(21)18-32/h5-14,17,20H,4,15-16,18H2,1-3H3,(H,29,33)(H2,30,31,34). The van der Waals surface area contributed by atoms with Gasteiger partial charge in [-0.2, -0.15) is 0 Å². The Labute approximate surface area is 201 Å². The van der Waals surface area contributed by atoms with Crippen molar-refractivity contribution >= 4 is 29.0 Å². The minimum absolute atomic E-state index is 0.0587. The van der Waals surface area contributed by atoms with Crippen molar-refractivity contribution in [1.29, 1.82) is 0 Å². The monoisotopic (exact) mass is 456 g/mol.